The van der Waals surface area contributed by atoms with E-state index in [-0.39, 0.29) is 30.0 Å². The first-order valence-corrected chi connectivity index (χ1v) is 13.2. The molecule has 0 amide bonds. The Balaban J connectivity index is 1.62. The van der Waals surface area contributed by atoms with Crippen LogP contribution in [-0.2, 0) is 16.4 Å². The first kappa shape index (κ1) is 23.1. The summed E-state index contributed by atoms with van der Waals surface area (Å²) in [7, 11) is -3.16. The van der Waals surface area contributed by atoms with Crippen LogP contribution in [0.25, 0.3) is 11.0 Å². The van der Waals surface area contributed by atoms with Gasteiger partial charge in [0.25, 0.3) is 5.56 Å². The summed E-state index contributed by atoms with van der Waals surface area (Å²) in [5, 5.41) is 13.6. The maximum atomic E-state index is 13.3. The molecule has 1 aliphatic carbocycles. The number of nitrogens with one attached hydrogen (secondary N) is 1. The van der Waals surface area contributed by atoms with E-state index in [4.69, 9.17) is 4.98 Å². The average molecular weight is 464 g/mol. The number of sulfonamides is 1. The van der Waals surface area contributed by atoms with Gasteiger partial charge in [-0.1, -0.05) is 13.3 Å². The van der Waals surface area contributed by atoms with Gasteiger partial charge in [-0.3, -0.25) is 9.36 Å². The number of fused-ring (bicyclic) bond motifs is 1. The zero-order valence-corrected chi connectivity index (χ0v) is 19.6. The van der Waals surface area contributed by atoms with Gasteiger partial charge in [0.1, 0.15) is 5.65 Å². The standard InChI is InChI=1S/C22H33N5O4S/c1-3-32(30,31)26-10-7-18(8-11-26)24-22-23-14-17-13-16(9-12-28)21(29)27(20(17)25-22)19-6-4-5-15(19)2/h13-15,18-19,28H,3-12H2,1-2H3,(H,23,24,25)/t15-,19+/m1/s1. The molecule has 2 aliphatic rings. The largest absolute Gasteiger partial charge is 0.396 e. The number of hydrogen-bond acceptors (Lipinski definition) is 7. The number of nitrogens with zero attached hydrogens (tertiary/aromatic N) is 4. The number of aliphatic hydroxyl groups excluding tert-OH is 1. The summed E-state index contributed by atoms with van der Waals surface area (Å²) in [5.41, 5.74) is 1.14. The summed E-state index contributed by atoms with van der Waals surface area (Å²) in [4.78, 5) is 22.5. The molecule has 9 nitrogen and oxygen atoms in total. The third kappa shape index (κ3) is 4.53. The number of rotatable bonds is 7. The summed E-state index contributed by atoms with van der Waals surface area (Å²) in [6.45, 7) is 4.73. The molecule has 1 saturated carbocycles. The number of pyridine rings is 1. The summed E-state index contributed by atoms with van der Waals surface area (Å²) in [5.74, 6) is 0.966. The average Bonchev–Trinajstić information content (AvgIpc) is 3.20. The van der Waals surface area contributed by atoms with Crippen LogP contribution in [0.15, 0.2) is 17.1 Å². The third-order valence-corrected chi connectivity index (χ3v) is 8.80. The molecule has 0 aromatic carbocycles. The van der Waals surface area contributed by atoms with Crippen molar-refractivity contribution in [3.8, 4) is 0 Å². The first-order chi connectivity index (χ1) is 15.3. The predicted octanol–water partition coefficient (Wildman–Crippen LogP) is 1.91. The van der Waals surface area contributed by atoms with Crippen molar-refractivity contribution < 1.29 is 13.5 Å². The van der Waals surface area contributed by atoms with E-state index >= 15 is 0 Å². The van der Waals surface area contributed by atoms with Crippen molar-refractivity contribution >= 4 is 27.0 Å². The number of hydrogen-bond donors (Lipinski definition) is 2. The first-order valence-electron chi connectivity index (χ1n) is 11.6. The van der Waals surface area contributed by atoms with E-state index in [0.717, 1.165) is 24.6 Å². The summed E-state index contributed by atoms with van der Waals surface area (Å²) in [6, 6.07) is 1.96. The molecule has 1 aliphatic heterocycles. The van der Waals surface area contributed by atoms with Crippen LogP contribution < -0.4 is 10.9 Å². The van der Waals surface area contributed by atoms with Gasteiger partial charge in [-0.05, 0) is 44.6 Å². The molecule has 2 fully saturated rings. The van der Waals surface area contributed by atoms with Crippen molar-refractivity contribution in [2.75, 3.05) is 30.8 Å². The lowest BCUT2D eigenvalue weighted by molar-refractivity contribution is 0.298. The van der Waals surface area contributed by atoms with Gasteiger partial charge in [0.05, 0.1) is 5.75 Å². The SMILES string of the molecule is CCS(=O)(=O)N1CCC(Nc2ncc3cc(CCO)c(=O)n([C@H]4CCC[C@H]4C)c3n2)CC1. The Hall–Kier alpha value is -2.04. The van der Waals surface area contributed by atoms with Crippen molar-refractivity contribution in [3.63, 3.8) is 0 Å². The molecule has 0 bridgehead atoms. The zero-order chi connectivity index (χ0) is 22.9. The molecule has 2 aromatic heterocycles. The highest BCUT2D eigenvalue weighted by atomic mass is 32.2. The molecule has 10 heteroatoms. The van der Waals surface area contributed by atoms with Gasteiger partial charge in [0.2, 0.25) is 16.0 Å². The van der Waals surface area contributed by atoms with Crippen LogP contribution in [0.1, 0.15) is 57.6 Å². The summed E-state index contributed by atoms with van der Waals surface area (Å²) < 4.78 is 27.6. The highest BCUT2D eigenvalue weighted by molar-refractivity contribution is 7.89. The third-order valence-electron chi connectivity index (χ3n) is 6.92. The van der Waals surface area contributed by atoms with E-state index < -0.39 is 10.0 Å². The van der Waals surface area contributed by atoms with E-state index in [1.807, 2.05) is 4.57 Å². The molecule has 2 N–H and O–H groups in total. The van der Waals surface area contributed by atoms with E-state index in [1.165, 1.54) is 0 Å². The lowest BCUT2D eigenvalue weighted by atomic mass is 10.0. The van der Waals surface area contributed by atoms with Crippen LogP contribution in [0.4, 0.5) is 5.95 Å². The van der Waals surface area contributed by atoms with E-state index in [2.05, 4.69) is 17.2 Å². The molecule has 0 radical (unpaired) electrons. The highest BCUT2D eigenvalue weighted by Gasteiger charge is 2.29. The topological polar surface area (TPSA) is 117 Å². The van der Waals surface area contributed by atoms with Crippen LogP contribution in [0.2, 0.25) is 0 Å². The lowest BCUT2D eigenvalue weighted by Gasteiger charge is -2.31. The van der Waals surface area contributed by atoms with Crippen LogP contribution >= 0.6 is 0 Å². The van der Waals surface area contributed by atoms with Crippen LogP contribution in [0.3, 0.4) is 0 Å². The van der Waals surface area contributed by atoms with E-state index in [9.17, 15) is 18.3 Å². The van der Waals surface area contributed by atoms with Gasteiger partial charge < -0.3 is 10.4 Å². The van der Waals surface area contributed by atoms with Crippen molar-refractivity contribution in [2.45, 2.75) is 64.5 Å². The highest BCUT2D eigenvalue weighted by Crippen LogP contribution is 2.36. The Kier molecular flexibility index (Phi) is 6.83. The maximum Gasteiger partial charge on any atom is 0.255 e. The number of piperidine rings is 1. The molecule has 32 heavy (non-hydrogen) atoms. The Morgan fingerprint density at radius 1 is 1.22 bits per heavy atom. The second kappa shape index (κ2) is 9.44. The fourth-order valence-electron chi connectivity index (χ4n) is 5.01. The molecule has 2 atom stereocenters. The second-order valence-electron chi connectivity index (χ2n) is 8.98. The van der Waals surface area contributed by atoms with Gasteiger partial charge in [-0.15, -0.1) is 0 Å². The molecule has 0 unspecified atom stereocenters. The molecule has 176 valence electrons. The molecule has 4 rings (SSSR count). The Labute approximate surface area is 188 Å². The van der Waals surface area contributed by atoms with Crippen LogP contribution in [0, 0.1) is 5.92 Å². The minimum atomic E-state index is -3.16. The smallest absolute Gasteiger partial charge is 0.255 e. The van der Waals surface area contributed by atoms with Crippen molar-refractivity contribution in [1.29, 1.82) is 0 Å². The number of anilines is 1. The van der Waals surface area contributed by atoms with Gasteiger partial charge in [-0.25, -0.2) is 17.7 Å². The number of aliphatic hydroxyl groups is 1. The van der Waals surface area contributed by atoms with Gasteiger partial charge in [-0.2, -0.15) is 4.98 Å². The predicted molar refractivity (Wildman–Crippen MR) is 124 cm³/mol. The molecule has 3 heterocycles. The van der Waals surface area contributed by atoms with E-state index in [1.54, 1.807) is 23.5 Å². The van der Waals surface area contributed by atoms with Crippen molar-refractivity contribution in [2.24, 2.45) is 5.92 Å². The lowest BCUT2D eigenvalue weighted by Crippen LogP contribution is -2.43. The van der Waals surface area contributed by atoms with Gasteiger partial charge in [0, 0.05) is 55.3 Å². The summed E-state index contributed by atoms with van der Waals surface area (Å²) in [6.07, 6.45) is 6.52. The molecular weight excluding hydrogens is 430 g/mol. The molecular formula is C22H33N5O4S. The summed E-state index contributed by atoms with van der Waals surface area (Å²) >= 11 is 0. The van der Waals surface area contributed by atoms with Crippen LogP contribution in [0.5, 0.6) is 0 Å². The Bertz CT molecular complexity index is 1130. The monoisotopic (exact) mass is 463 g/mol. The van der Waals surface area contributed by atoms with Crippen LogP contribution in [-0.4, -0.2) is 63.9 Å². The fourth-order valence-corrected chi connectivity index (χ4v) is 6.14. The normalized spacial score (nSPS) is 23.1. The number of aromatic nitrogens is 3. The van der Waals surface area contributed by atoms with Gasteiger partial charge in [0.15, 0.2) is 0 Å². The minimum Gasteiger partial charge on any atom is -0.396 e. The molecule has 1 saturated heterocycles. The van der Waals surface area contributed by atoms with Crippen molar-refractivity contribution in [3.05, 3.63) is 28.2 Å². The zero-order valence-electron chi connectivity index (χ0n) is 18.8. The minimum absolute atomic E-state index is 0.0755. The molecule has 0 spiro atoms. The van der Waals surface area contributed by atoms with E-state index in [0.29, 0.717) is 55.4 Å². The molecule has 2 aromatic rings. The van der Waals surface area contributed by atoms with Gasteiger partial charge >= 0.3 is 0 Å². The quantitative estimate of drug-likeness (QED) is 0.644. The maximum absolute atomic E-state index is 13.3. The van der Waals surface area contributed by atoms with Crippen molar-refractivity contribution in [1.82, 2.24) is 18.8 Å². The Morgan fingerprint density at radius 2 is 1.97 bits per heavy atom. The Morgan fingerprint density at radius 3 is 2.59 bits per heavy atom. The second-order valence-corrected chi connectivity index (χ2v) is 11.2. The fraction of sp³-hybridized carbons (Fsp3) is 0.682.